The van der Waals surface area contributed by atoms with Crippen LogP contribution in [0.2, 0.25) is 0 Å². The second-order valence-corrected chi connectivity index (χ2v) is 3.58. The molecule has 12 heavy (non-hydrogen) atoms. The van der Waals surface area contributed by atoms with E-state index in [4.69, 9.17) is 9.47 Å². The highest BCUT2D eigenvalue weighted by Gasteiger charge is 2.42. The molecule has 0 spiro atoms. The van der Waals surface area contributed by atoms with Crippen molar-refractivity contribution in [3.05, 3.63) is 0 Å². The Balaban J connectivity index is 1.89. The molecule has 1 fully saturated rings. The SMILES string of the molecule is CCCCCOCC1(CC)CO1. The van der Waals surface area contributed by atoms with Gasteiger partial charge in [-0.3, -0.25) is 0 Å². The molecule has 1 heterocycles. The number of hydrogen-bond acceptors (Lipinski definition) is 2. The lowest BCUT2D eigenvalue weighted by atomic mass is 10.1. The predicted octanol–water partition coefficient (Wildman–Crippen LogP) is 2.37. The summed E-state index contributed by atoms with van der Waals surface area (Å²) < 4.78 is 10.9. The van der Waals surface area contributed by atoms with Gasteiger partial charge in [-0.2, -0.15) is 0 Å². The molecular weight excluding hydrogens is 152 g/mol. The molecule has 0 radical (unpaired) electrons. The molecule has 0 aromatic heterocycles. The highest BCUT2D eigenvalue weighted by atomic mass is 16.6. The molecule has 0 saturated carbocycles. The van der Waals surface area contributed by atoms with E-state index < -0.39 is 0 Å². The van der Waals surface area contributed by atoms with Crippen molar-refractivity contribution in [2.75, 3.05) is 19.8 Å². The van der Waals surface area contributed by atoms with Crippen molar-refractivity contribution in [3.8, 4) is 0 Å². The molecule has 2 nitrogen and oxygen atoms in total. The third-order valence-corrected chi connectivity index (χ3v) is 2.45. The lowest BCUT2D eigenvalue weighted by Crippen LogP contribution is -2.18. The van der Waals surface area contributed by atoms with E-state index in [2.05, 4.69) is 13.8 Å². The van der Waals surface area contributed by atoms with E-state index in [9.17, 15) is 0 Å². The van der Waals surface area contributed by atoms with Crippen molar-refractivity contribution in [3.63, 3.8) is 0 Å². The van der Waals surface area contributed by atoms with Gasteiger partial charge in [-0.15, -0.1) is 0 Å². The van der Waals surface area contributed by atoms with E-state index in [0.717, 1.165) is 26.2 Å². The van der Waals surface area contributed by atoms with Gasteiger partial charge in [0.2, 0.25) is 0 Å². The summed E-state index contributed by atoms with van der Waals surface area (Å²) in [6.45, 7) is 6.96. The van der Waals surface area contributed by atoms with Crippen LogP contribution in [-0.4, -0.2) is 25.4 Å². The summed E-state index contributed by atoms with van der Waals surface area (Å²) in [6, 6.07) is 0. The highest BCUT2D eigenvalue weighted by molar-refractivity contribution is 4.90. The van der Waals surface area contributed by atoms with Gasteiger partial charge in [-0.1, -0.05) is 26.7 Å². The maximum absolute atomic E-state index is 5.53. The molecule has 2 heteroatoms. The normalized spacial score (nSPS) is 27.5. The number of rotatable bonds is 7. The zero-order valence-electron chi connectivity index (χ0n) is 8.27. The minimum atomic E-state index is 0.117. The van der Waals surface area contributed by atoms with E-state index in [-0.39, 0.29) is 5.60 Å². The van der Waals surface area contributed by atoms with Gasteiger partial charge in [0.15, 0.2) is 0 Å². The molecule has 1 saturated heterocycles. The standard InChI is InChI=1S/C10H20O2/c1-3-5-6-7-11-8-10(4-2)9-12-10/h3-9H2,1-2H3. The number of unbranched alkanes of at least 4 members (excludes halogenated alkanes) is 2. The van der Waals surface area contributed by atoms with E-state index in [1.54, 1.807) is 0 Å². The molecule has 1 rings (SSSR count). The van der Waals surface area contributed by atoms with E-state index in [0.29, 0.717) is 0 Å². The minimum Gasteiger partial charge on any atom is -0.378 e. The van der Waals surface area contributed by atoms with Gasteiger partial charge >= 0.3 is 0 Å². The first kappa shape index (κ1) is 10.0. The van der Waals surface area contributed by atoms with Crippen LogP contribution in [0.1, 0.15) is 39.5 Å². The lowest BCUT2D eigenvalue weighted by molar-refractivity contribution is 0.0744. The number of hydrogen-bond donors (Lipinski definition) is 0. The maximum Gasteiger partial charge on any atom is 0.115 e. The van der Waals surface area contributed by atoms with Gasteiger partial charge < -0.3 is 9.47 Å². The van der Waals surface area contributed by atoms with Crippen LogP contribution < -0.4 is 0 Å². The van der Waals surface area contributed by atoms with Gasteiger partial charge in [0.25, 0.3) is 0 Å². The summed E-state index contributed by atoms with van der Waals surface area (Å²) in [6.07, 6.45) is 4.82. The Morgan fingerprint density at radius 1 is 1.33 bits per heavy atom. The van der Waals surface area contributed by atoms with Crippen molar-refractivity contribution in [2.45, 2.75) is 45.1 Å². The van der Waals surface area contributed by atoms with Crippen LogP contribution in [0, 0.1) is 0 Å². The summed E-state index contributed by atoms with van der Waals surface area (Å²) in [5.74, 6) is 0. The molecule has 0 aromatic rings. The maximum atomic E-state index is 5.53. The molecule has 0 amide bonds. The number of ether oxygens (including phenoxy) is 2. The summed E-state index contributed by atoms with van der Waals surface area (Å²) >= 11 is 0. The van der Waals surface area contributed by atoms with Crippen LogP contribution >= 0.6 is 0 Å². The van der Waals surface area contributed by atoms with E-state index in [1.165, 1.54) is 19.3 Å². The first-order chi connectivity index (χ1) is 5.83. The number of epoxide rings is 1. The van der Waals surface area contributed by atoms with Crippen molar-refractivity contribution in [1.29, 1.82) is 0 Å². The minimum absolute atomic E-state index is 0.117. The highest BCUT2D eigenvalue weighted by Crippen LogP contribution is 2.30. The molecule has 0 aliphatic carbocycles. The predicted molar refractivity (Wildman–Crippen MR) is 49.3 cm³/mol. The summed E-state index contributed by atoms with van der Waals surface area (Å²) in [5, 5.41) is 0. The van der Waals surface area contributed by atoms with Crippen molar-refractivity contribution in [2.24, 2.45) is 0 Å². The fourth-order valence-electron chi connectivity index (χ4n) is 1.20. The molecule has 0 N–H and O–H groups in total. The molecule has 1 aliphatic rings. The fourth-order valence-corrected chi connectivity index (χ4v) is 1.20. The Morgan fingerprint density at radius 3 is 2.58 bits per heavy atom. The van der Waals surface area contributed by atoms with Gasteiger partial charge in [-0.05, 0) is 12.8 Å². The first-order valence-corrected chi connectivity index (χ1v) is 5.05. The molecule has 0 bridgehead atoms. The van der Waals surface area contributed by atoms with Crippen molar-refractivity contribution < 1.29 is 9.47 Å². The van der Waals surface area contributed by atoms with Crippen molar-refractivity contribution >= 4 is 0 Å². The summed E-state index contributed by atoms with van der Waals surface area (Å²) in [5.41, 5.74) is 0.117. The summed E-state index contributed by atoms with van der Waals surface area (Å²) in [7, 11) is 0. The van der Waals surface area contributed by atoms with Gasteiger partial charge in [0.05, 0.1) is 13.2 Å². The molecule has 1 unspecified atom stereocenters. The van der Waals surface area contributed by atoms with Gasteiger partial charge in [0.1, 0.15) is 5.60 Å². The zero-order chi connectivity index (χ0) is 8.86. The molecule has 0 aromatic carbocycles. The Morgan fingerprint density at radius 2 is 2.08 bits per heavy atom. The van der Waals surface area contributed by atoms with Crippen molar-refractivity contribution in [1.82, 2.24) is 0 Å². The smallest absolute Gasteiger partial charge is 0.115 e. The Kier molecular flexibility index (Phi) is 4.02. The molecule has 1 aliphatic heterocycles. The third kappa shape index (κ3) is 3.11. The van der Waals surface area contributed by atoms with Crippen LogP contribution in [0.4, 0.5) is 0 Å². The topological polar surface area (TPSA) is 21.8 Å². The summed E-state index contributed by atoms with van der Waals surface area (Å²) in [4.78, 5) is 0. The van der Waals surface area contributed by atoms with Crippen LogP contribution in [0.5, 0.6) is 0 Å². The van der Waals surface area contributed by atoms with Crippen LogP contribution in [0.25, 0.3) is 0 Å². The Hall–Kier alpha value is -0.0800. The average Bonchev–Trinajstić information content (AvgIpc) is 2.85. The Labute approximate surface area is 75.2 Å². The van der Waals surface area contributed by atoms with Gasteiger partial charge in [0, 0.05) is 6.61 Å². The van der Waals surface area contributed by atoms with Crippen LogP contribution in [-0.2, 0) is 9.47 Å². The fraction of sp³-hybridized carbons (Fsp3) is 1.00. The average molecular weight is 172 g/mol. The molecule has 1 atom stereocenters. The second kappa shape index (κ2) is 4.83. The first-order valence-electron chi connectivity index (χ1n) is 5.05. The Bertz CT molecular complexity index is 119. The molecule has 72 valence electrons. The van der Waals surface area contributed by atoms with Gasteiger partial charge in [-0.25, -0.2) is 0 Å². The zero-order valence-corrected chi connectivity index (χ0v) is 8.27. The van der Waals surface area contributed by atoms with E-state index in [1.807, 2.05) is 0 Å². The van der Waals surface area contributed by atoms with Crippen LogP contribution in [0.3, 0.4) is 0 Å². The monoisotopic (exact) mass is 172 g/mol. The largest absolute Gasteiger partial charge is 0.378 e. The molecular formula is C10H20O2. The second-order valence-electron chi connectivity index (χ2n) is 3.58. The van der Waals surface area contributed by atoms with Crippen LogP contribution in [0.15, 0.2) is 0 Å². The lowest BCUT2D eigenvalue weighted by Gasteiger charge is -2.08. The van der Waals surface area contributed by atoms with E-state index >= 15 is 0 Å². The quantitative estimate of drug-likeness (QED) is 0.434. The third-order valence-electron chi connectivity index (χ3n) is 2.45.